The molecule has 0 aromatic rings. The van der Waals surface area contributed by atoms with Crippen LogP contribution in [0.25, 0.3) is 0 Å². The fourth-order valence-electron chi connectivity index (χ4n) is 4.37. The lowest BCUT2D eigenvalue weighted by atomic mass is 9.78. The predicted molar refractivity (Wildman–Crippen MR) is 130 cm³/mol. The molecule has 0 fully saturated rings. The number of rotatable bonds is 22. The van der Waals surface area contributed by atoms with E-state index in [4.69, 9.17) is 0 Å². The summed E-state index contributed by atoms with van der Waals surface area (Å²) < 4.78 is 0. The van der Waals surface area contributed by atoms with E-state index in [9.17, 15) is 19.8 Å². The molecule has 0 amide bonds. The van der Waals surface area contributed by atoms with Crippen molar-refractivity contribution in [1.82, 2.24) is 0 Å². The molecule has 2 N–H and O–H groups in total. The van der Waals surface area contributed by atoms with Crippen LogP contribution < -0.4 is 0 Å². The highest BCUT2D eigenvalue weighted by Crippen LogP contribution is 2.33. The smallest absolute Gasteiger partial charge is 0.321 e. The normalized spacial score (nSPS) is 12.1. The van der Waals surface area contributed by atoms with E-state index in [1.807, 2.05) is 0 Å². The fraction of sp³-hybridized carbons (Fsp3) is 0.926. The summed E-state index contributed by atoms with van der Waals surface area (Å²) in [5, 5.41) is 19.4. The van der Waals surface area contributed by atoms with Gasteiger partial charge in [0.25, 0.3) is 0 Å². The first-order valence-corrected chi connectivity index (χ1v) is 13.2. The molecule has 0 spiro atoms. The van der Waals surface area contributed by atoms with Gasteiger partial charge in [-0.05, 0) is 24.7 Å². The Morgan fingerprint density at radius 1 is 0.516 bits per heavy atom. The van der Waals surface area contributed by atoms with Crippen molar-refractivity contribution in [3.8, 4) is 0 Å². The van der Waals surface area contributed by atoms with Crippen molar-refractivity contribution in [3.63, 3.8) is 0 Å². The van der Waals surface area contributed by atoms with Crippen molar-refractivity contribution in [2.75, 3.05) is 0 Å². The Kier molecular flexibility index (Phi) is 17.9. The van der Waals surface area contributed by atoms with Crippen molar-refractivity contribution in [1.29, 1.82) is 0 Å². The van der Waals surface area contributed by atoms with Crippen LogP contribution in [-0.2, 0) is 9.59 Å². The largest absolute Gasteiger partial charge is 0.480 e. The van der Waals surface area contributed by atoms with E-state index >= 15 is 0 Å². The van der Waals surface area contributed by atoms with Crippen LogP contribution in [0.15, 0.2) is 0 Å². The average molecular weight is 441 g/mol. The quantitative estimate of drug-likeness (QED) is 0.131. The Balaban J connectivity index is 4.06. The van der Waals surface area contributed by atoms with Gasteiger partial charge >= 0.3 is 11.9 Å². The molecule has 4 heteroatoms. The minimum atomic E-state index is -1.59. The van der Waals surface area contributed by atoms with Gasteiger partial charge in [0.1, 0.15) is 0 Å². The second-order valence-electron chi connectivity index (χ2n) is 10.5. The lowest BCUT2D eigenvalue weighted by Crippen LogP contribution is -2.39. The van der Waals surface area contributed by atoms with Gasteiger partial charge in [0.2, 0.25) is 0 Å². The van der Waals surface area contributed by atoms with Crippen molar-refractivity contribution >= 4 is 11.9 Å². The second-order valence-corrected chi connectivity index (χ2v) is 10.5. The highest BCUT2D eigenvalue weighted by molar-refractivity contribution is 5.98. The summed E-state index contributed by atoms with van der Waals surface area (Å²) in [5.41, 5.74) is -1.59. The number of carboxylic acid groups (broad SMARTS) is 2. The van der Waals surface area contributed by atoms with Gasteiger partial charge in [-0.3, -0.25) is 9.59 Å². The third-order valence-electron chi connectivity index (χ3n) is 6.59. The minimum Gasteiger partial charge on any atom is -0.480 e. The predicted octanol–water partition coefficient (Wildman–Crippen LogP) is 8.48. The van der Waals surface area contributed by atoms with Crippen LogP contribution in [0.3, 0.4) is 0 Å². The zero-order valence-electron chi connectivity index (χ0n) is 21.1. The second kappa shape index (κ2) is 18.5. The Labute approximate surface area is 192 Å². The summed E-state index contributed by atoms with van der Waals surface area (Å²) >= 11 is 0. The highest BCUT2D eigenvalue weighted by atomic mass is 16.4. The van der Waals surface area contributed by atoms with Crippen LogP contribution in [0.2, 0.25) is 0 Å². The first kappa shape index (κ1) is 29.9. The number of unbranched alkanes of at least 4 members (excludes halogenated alkanes) is 12. The molecular formula is C27H52O4. The molecule has 0 atom stereocenters. The molecule has 0 unspecified atom stereocenters. The molecule has 4 nitrogen and oxygen atoms in total. The molecule has 0 heterocycles. The molecule has 0 aliphatic heterocycles. The number of carbonyl (C=O) groups is 2. The first-order valence-electron chi connectivity index (χ1n) is 13.2. The monoisotopic (exact) mass is 440 g/mol. The summed E-state index contributed by atoms with van der Waals surface area (Å²) in [4.78, 5) is 23.7. The van der Waals surface area contributed by atoms with Crippen molar-refractivity contribution < 1.29 is 19.8 Å². The fourth-order valence-corrected chi connectivity index (χ4v) is 4.37. The Morgan fingerprint density at radius 3 is 1.03 bits per heavy atom. The first-order chi connectivity index (χ1) is 14.7. The van der Waals surface area contributed by atoms with Gasteiger partial charge in [0.15, 0.2) is 5.41 Å². The summed E-state index contributed by atoms with van der Waals surface area (Å²) in [6.45, 7) is 9.02. The molecule has 0 aromatic heterocycles. The maximum Gasteiger partial charge on any atom is 0.321 e. The molecule has 0 aliphatic rings. The number of hydrogen-bond acceptors (Lipinski definition) is 2. The third kappa shape index (κ3) is 15.4. The van der Waals surface area contributed by atoms with Gasteiger partial charge in [0, 0.05) is 0 Å². The van der Waals surface area contributed by atoms with Crippen LogP contribution >= 0.6 is 0 Å². The summed E-state index contributed by atoms with van der Waals surface area (Å²) in [6.07, 6.45) is 18.4. The van der Waals surface area contributed by atoms with Gasteiger partial charge in [0.05, 0.1) is 0 Å². The molecular weight excluding hydrogens is 388 g/mol. The van der Waals surface area contributed by atoms with Crippen LogP contribution in [0.5, 0.6) is 0 Å². The van der Waals surface area contributed by atoms with Crippen LogP contribution in [-0.4, -0.2) is 22.2 Å². The average Bonchev–Trinajstić information content (AvgIpc) is 2.68. The lowest BCUT2D eigenvalue weighted by molar-refractivity contribution is -0.166. The van der Waals surface area contributed by atoms with Crippen LogP contribution in [0, 0.1) is 17.3 Å². The van der Waals surface area contributed by atoms with E-state index in [0.29, 0.717) is 12.8 Å². The zero-order chi connectivity index (χ0) is 23.5. The molecule has 0 bridgehead atoms. The summed E-state index contributed by atoms with van der Waals surface area (Å²) in [5.74, 6) is -0.755. The molecule has 184 valence electrons. The van der Waals surface area contributed by atoms with Gasteiger partial charge < -0.3 is 10.2 Å². The molecule has 0 radical (unpaired) electrons. The van der Waals surface area contributed by atoms with E-state index in [0.717, 1.165) is 37.5 Å². The minimum absolute atomic E-state index is 0.264. The number of carboxylic acids is 2. The SMILES string of the molecule is CC(C)CCCCCCCCCC(CCCCCCCCCC(C)C)(C(=O)O)C(=O)O. The van der Waals surface area contributed by atoms with E-state index in [1.54, 1.807) is 0 Å². The third-order valence-corrected chi connectivity index (χ3v) is 6.59. The van der Waals surface area contributed by atoms with Gasteiger partial charge in [-0.25, -0.2) is 0 Å². The maximum atomic E-state index is 11.9. The van der Waals surface area contributed by atoms with Crippen LogP contribution in [0.1, 0.15) is 143 Å². The molecule has 0 aromatic carbocycles. The summed E-state index contributed by atoms with van der Waals surface area (Å²) in [6, 6.07) is 0. The Bertz CT molecular complexity index is 414. The van der Waals surface area contributed by atoms with Crippen molar-refractivity contribution in [2.45, 2.75) is 143 Å². The number of aliphatic carboxylic acids is 2. The van der Waals surface area contributed by atoms with Crippen LogP contribution in [0.4, 0.5) is 0 Å². The zero-order valence-corrected chi connectivity index (χ0v) is 21.1. The van der Waals surface area contributed by atoms with Gasteiger partial charge in [-0.2, -0.15) is 0 Å². The molecule has 31 heavy (non-hydrogen) atoms. The van der Waals surface area contributed by atoms with Crippen molar-refractivity contribution in [2.24, 2.45) is 17.3 Å². The van der Waals surface area contributed by atoms with E-state index < -0.39 is 17.4 Å². The van der Waals surface area contributed by atoms with E-state index in [2.05, 4.69) is 27.7 Å². The van der Waals surface area contributed by atoms with Gasteiger partial charge in [-0.1, -0.05) is 130 Å². The van der Waals surface area contributed by atoms with E-state index in [-0.39, 0.29) is 12.8 Å². The molecule has 0 saturated heterocycles. The Morgan fingerprint density at radius 2 is 0.774 bits per heavy atom. The van der Waals surface area contributed by atoms with Gasteiger partial charge in [-0.15, -0.1) is 0 Å². The molecule has 0 saturated carbocycles. The topological polar surface area (TPSA) is 74.6 Å². The standard InChI is InChI=1S/C27H52O4/c1-23(2)19-15-11-7-5-9-13-17-21-27(25(28)29,26(30)31)22-18-14-10-6-8-12-16-20-24(3)4/h23-24H,5-22H2,1-4H3,(H,28,29)(H,30,31). The van der Waals surface area contributed by atoms with E-state index in [1.165, 1.54) is 64.2 Å². The molecule has 0 aliphatic carbocycles. The van der Waals surface area contributed by atoms with Crippen molar-refractivity contribution in [3.05, 3.63) is 0 Å². The Hall–Kier alpha value is -1.06. The number of hydrogen-bond donors (Lipinski definition) is 2. The molecule has 0 rings (SSSR count). The maximum absolute atomic E-state index is 11.9. The lowest BCUT2D eigenvalue weighted by Gasteiger charge is -2.25. The highest BCUT2D eigenvalue weighted by Gasteiger charge is 2.45. The summed E-state index contributed by atoms with van der Waals surface area (Å²) in [7, 11) is 0.